The molecule has 9 nitrogen and oxygen atoms in total. The molecule has 0 fully saturated rings. The highest BCUT2D eigenvalue weighted by Gasteiger charge is 2.19. The van der Waals surface area contributed by atoms with Gasteiger partial charge in [-0.05, 0) is 41.1 Å². The lowest BCUT2D eigenvalue weighted by molar-refractivity contribution is 0.101. The summed E-state index contributed by atoms with van der Waals surface area (Å²) in [5.41, 5.74) is 2.83. The zero-order chi connectivity index (χ0) is 17.9. The zero-order valence-electron chi connectivity index (χ0n) is 13.7. The van der Waals surface area contributed by atoms with E-state index in [1.807, 2.05) is 37.3 Å². The average molecular weight is 347 g/mol. The molecule has 1 aromatic carbocycles. The van der Waals surface area contributed by atoms with Gasteiger partial charge in [0.1, 0.15) is 12.0 Å². The second-order valence-corrected chi connectivity index (χ2v) is 5.41. The molecule has 1 amide bonds. The summed E-state index contributed by atoms with van der Waals surface area (Å²) in [5, 5.41) is 13.7. The number of nitrogens with one attached hydrogen (secondary N) is 1. The monoisotopic (exact) mass is 347 g/mol. The van der Waals surface area contributed by atoms with Crippen LogP contribution in [0.3, 0.4) is 0 Å². The van der Waals surface area contributed by atoms with Crippen LogP contribution in [0.25, 0.3) is 17.1 Å². The fourth-order valence-electron chi connectivity index (χ4n) is 2.42. The molecule has 3 heterocycles. The van der Waals surface area contributed by atoms with Gasteiger partial charge in [0.15, 0.2) is 0 Å². The van der Waals surface area contributed by atoms with E-state index in [0.717, 1.165) is 5.56 Å². The van der Waals surface area contributed by atoms with Crippen LogP contribution in [0.5, 0.6) is 0 Å². The predicted molar refractivity (Wildman–Crippen MR) is 91.6 cm³/mol. The summed E-state index contributed by atoms with van der Waals surface area (Å²) in [5.74, 6) is -0.519. The first-order valence-electron chi connectivity index (χ1n) is 7.75. The van der Waals surface area contributed by atoms with Gasteiger partial charge < -0.3 is 4.42 Å². The van der Waals surface area contributed by atoms with Gasteiger partial charge in [-0.2, -0.15) is 9.67 Å². The molecule has 0 aliphatic carbocycles. The van der Waals surface area contributed by atoms with Crippen LogP contribution in [0.2, 0.25) is 0 Å². The molecule has 0 bridgehead atoms. The second-order valence-electron chi connectivity index (χ2n) is 5.41. The summed E-state index contributed by atoms with van der Waals surface area (Å²) in [7, 11) is 0. The van der Waals surface area contributed by atoms with E-state index in [1.54, 1.807) is 18.3 Å². The normalized spacial score (nSPS) is 10.7. The quantitative estimate of drug-likeness (QED) is 0.602. The third-order valence-corrected chi connectivity index (χ3v) is 3.65. The van der Waals surface area contributed by atoms with Crippen molar-refractivity contribution in [3.63, 3.8) is 0 Å². The lowest BCUT2D eigenvalue weighted by Gasteiger charge is -2.03. The highest BCUT2D eigenvalue weighted by molar-refractivity contribution is 6.00. The number of nitrogens with zero attached hydrogens (tertiary/aromatic N) is 6. The molecule has 0 unspecified atom stereocenters. The number of aromatic nitrogens is 6. The van der Waals surface area contributed by atoms with Gasteiger partial charge in [0, 0.05) is 6.20 Å². The molecule has 0 aliphatic rings. The molecular formula is C17H13N7O2. The fourth-order valence-corrected chi connectivity index (χ4v) is 2.42. The Bertz CT molecular complexity index is 1060. The lowest BCUT2D eigenvalue weighted by atomic mass is 10.2. The molecule has 9 heteroatoms. The summed E-state index contributed by atoms with van der Waals surface area (Å²) in [4.78, 5) is 21.0. The van der Waals surface area contributed by atoms with Crippen molar-refractivity contribution in [3.8, 4) is 17.1 Å². The van der Waals surface area contributed by atoms with Gasteiger partial charge in [-0.1, -0.05) is 24.3 Å². The SMILES string of the molecule is Cc1cccnc1-c1coc(NC(=O)c2nnnn2-c2ccccc2)n1. The van der Waals surface area contributed by atoms with Gasteiger partial charge >= 0.3 is 6.01 Å². The van der Waals surface area contributed by atoms with Crippen molar-refractivity contribution in [1.82, 2.24) is 30.2 Å². The van der Waals surface area contributed by atoms with Crippen LogP contribution in [0.1, 0.15) is 16.2 Å². The van der Waals surface area contributed by atoms with E-state index in [1.165, 1.54) is 10.9 Å². The van der Waals surface area contributed by atoms with Crippen molar-refractivity contribution in [2.45, 2.75) is 6.92 Å². The summed E-state index contributed by atoms with van der Waals surface area (Å²) in [6.07, 6.45) is 3.11. The maximum absolute atomic E-state index is 12.5. The van der Waals surface area contributed by atoms with Crippen LogP contribution >= 0.6 is 0 Å². The van der Waals surface area contributed by atoms with Crippen molar-refractivity contribution in [2.75, 3.05) is 5.32 Å². The minimum Gasteiger partial charge on any atom is -0.431 e. The van der Waals surface area contributed by atoms with Crippen molar-refractivity contribution in [2.24, 2.45) is 0 Å². The molecule has 0 aliphatic heterocycles. The smallest absolute Gasteiger partial charge is 0.302 e. The van der Waals surface area contributed by atoms with E-state index in [2.05, 4.69) is 30.8 Å². The van der Waals surface area contributed by atoms with Crippen LogP contribution in [0, 0.1) is 6.92 Å². The van der Waals surface area contributed by atoms with E-state index in [0.29, 0.717) is 17.1 Å². The number of pyridine rings is 1. The van der Waals surface area contributed by atoms with Crippen LogP contribution in [0.4, 0.5) is 6.01 Å². The number of benzene rings is 1. The third kappa shape index (κ3) is 2.93. The highest BCUT2D eigenvalue weighted by Crippen LogP contribution is 2.21. The Balaban J connectivity index is 1.57. The van der Waals surface area contributed by atoms with Crippen LogP contribution in [0.15, 0.2) is 59.3 Å². The largest absolute Gasteiger partial charge is 0.431 e. The molecular weight excluding hydrogens is 334 g/mol. The van der Waals surface area contributed by atoms with E-state index in [-0.39, 0.29) is 11.8 Å². The molecule has 0 saturated carbocycles. The minimum absolute atomic E-state index is 0.0185. The number of amides is 1. The third-order valence-electron chi connectivity index (χ3n) is 3.65. The number of oxazole rings is 1. The summed E-state index contributed by atoms with van der Waals surface area (Å²) in [6.45, 7) is 1.92. The molecule has 1 N–H and O–H groups in total. The molecule has 26 heavy (non-hydrogen) atoms. The number of aryl methyl sites for hydroxylation is 1. The van der Waals surface area contributed by atoms with Crippen molar-refractivity contribution >= 4 is 11.9 Å². The predicted octanol–water partition coefficient (Wildman–Crippen LogP) is 2.27. The Morgan fingerprint density at radius 2 is 2.00 bits per heavy atom. The van der Waals surface area contributed by atoms with Crippen LogP contribution < -0.4 is 5.32 Å². The Hall–Kier alpha value is -3.88. The van der Waals surface area contributed by atoms with E-state index in [4.69, 9.17) is 4.42 Å². The fraction of sp³-hybridized carbons (Fsp3) is 0.0588. The van der Waals surface area contributed by atoms with Gasteiger partial charge in [0.25, 0.3) is 5.91 Å². The number of tetrazole rings is 1. The second kappa shape index (κ2) is 6.55. The van der Waals surface area contributed by atoms with E-state index in [9.17, 15) is 4.79 Å². The summed E-state index contributed by atoms with van der Waals surface area (Å²) >= 11 is 0. The molecule has 0 radical (unpaired) electrons. The summed E-state index contributed by atoms with van der Waals surface area (Å²) in [6, 6.07) is 12.9. The zero-order valence-corrected chi connectivity index (χ0v) is 13.7. The van der Waals surface area contributed by atoms with Crippen molar-refractivity contribution < 1.29 is 9.21 Å². The topological polar surface area (TPSA) is 112 Å². The summed E-state index contributed by atoms with van der Waals surface area (Å²) < 4.78 is 6.66. The number of hydrogen-bond donors (Lipinski definition) is 1. The van der Waals surface area contributed by atoms with Gasteiger partial charge in [0.2, 0.25) is 5.82 Å². The number of carbonyl (C=O) groups is 1. The molecule has 128 valence electrons. The molecule has 4 rings (SSSR count). The Kier molecular flexibility index (Phi) is 3.94. The van der Waals surface area contributed by atoms with Crippen LogP contribution in [-0.2, 0) is 0 Å². The maximum atomic E-state index is 12.5. The number of rotatable bonds is 4. The average Bonchev–Trinajstić information content (AvgIpc) is 3.32. The van der Waals surface area contributed by atoms with Crippen molar-refractivity contribution in [1.29, 1.82) is 0 Å². The van der Waals surface area contributed by atoms with Gasteiger partial charge in [0.05, 0.1) is 11.4 Å². The van der Waals surface area contributed by atoms with E-state index < -0.39 is 5.91 Å². The first-order chi connectivity index (χ1) is 12.7. The van der Waals surface area contributed by atoms with Gasteiger partial charge in [-0.25, -0.2) is 0 Å². The van der Waals surface area contributed by atoms with Crippen molar-refractivity contribution in [3.05, 3.63) is 66.3 Å². The Morgan fingerprint density at radius 1 is 1.15 bits per heavy atom. The Morgan fingerprint density at radius 3 is 2.81 bits per heavy atom. The number of hydrogen-bond acceptors (Lipinski definition) is 7. The Labute approximate surface area is 147 Å². The first kappa shape index (κ1) is 15.6. The molecule has 0 atom stereocenters. The highest BCUT2D eigenvalue weighted by atomic mass is 16.4. The molecule has 0 saturated heterocycles. The van der Waals surface area contributed by atoms with Gasteiger partial charge in [-0.15, -0.1) is 5.10 Å². The first-order valence-corrected chi connectivity index (χ1v) is 7.75. The molecule has 4 aromatic rings. The number of carbonyl (C=O) groups excluding carboxylic acids is 1. The lowest BCUT2D eigenvalue weighted by Crippen LogP contribution is -2.18. The molecule has 3 aromatic heterocycles. The number of anilines is 1. The van der Waals surface area contributed by atoms with E-state index >= 15 is 0 Å². The molecule has 0 spiro atoms. The number of para-hydroxylation sites is 1. The standard InChI is InChI=1S/C17H13N7O2/c1-11-6-5-9-18-14(11)13-10-26-17(19-13)20-16(25)15-21-22-23-24(15)12-7-3-2-4-8-12/h2-10H,1H3,(H,19,20,25). The minimum atomic E-state index is -0.537. The van der Waals surface area contributed by atoms with Crippen LogP contribution in [-0.4, -0.2) is 36.1 Å². The van der Waals surface area contributed by atoms with Gasteiger partial charge in [-0.3, -0.25) is 15.1 Å². The maximum Gasteiger partial charge on any atom is 0.302 e.